The highest BCUT2D eigenvalue weighted by molar-refractivity contribution is 5.73. The highest BCUT2D eigenvalue weighted by Gasteiger charge is 2.23. The molecule has 0 saturated heterocycles. The average molecular weight is 230 g/mol. The van der Waals surface area contributed by atoms with Crippen molar-refractivity contribution < 1.29 is 9.90 Å². The number of likely N-dealkylation sites (N-methyl/N-ethyl adjacent to an activating group) is 1. The Hall–Kier alpha value is -0.610. The third-order valence-electron chi connectivity index (χ3n) is 2.63. The fourth-order valence-electron chi connectivity index (χ4n) is 1.77. The van der Waals surface area contributed by atoms with Gasteiger partial charge in [-0.15, -0.1) is 0 Å². The normalized spacial score (nSPS) is 13.4. The summed E-state index contributed by atoms with van der Waals surface area (Å²) in [5.74, 6) is -0.686. The van der Waals surface area contributed by atoms with Gasteiger partial charge in [-0.05, 0) is 33.5 Å². The van der Waals surface area contributed by atoms with Gasteiger partial charge in [0.25, 0.3) is 0 Å². The molecule has 0 heterocycles. The summed E-state index contributed by atoms with van der Waals surface area (Å²) in [5.41, 5.74) is 0. The van der Waals surface area contributed by atoms with Crippen LogP contribution in [0.15, 0.2) is 0 Å². The molecular weight excluding hydrogens is 204 g/mol. The fraction of sp³-hybridized carbons (Fsp3) is 0.917. The second-order valence-electron chi connectivity index (χ2n) is 4.48. The van der Waals surface area contributed by atoms with E-state index in [1.54, 1.807) is 0 Å². The molecule has 0 aliphatic carbocycles. The van der Waals surface area contributed by atoms with Gasteiger partial charge < -0.3 is 10.0 Å². The number of carboxylic acid groups (broad SMARTS) is 1. The van der Waals surface area contributed by atoms with E-state index >= 15 is 0 Å². The number of carboxylic acids is 1. The molecule has 4 heteroatoms. The quantitative estimate of drug-likeness (QED) is 0.652. The van der Waals surface area contributed by atoms with Gasteiger partial charge in [0, 0.05) is 13.1 Å². The van der Waals surface area contributed by atoms with Crippen LogP contribution in [0, 0.1) is 0 Å². The minimum Gasteiger partial charge on any atom is -0.480 e. The number of rotatable bonds is 9. The molecule has 0 radical (unpaired) electrons. The van der Waals surface area contributed by atoms with E-state index in [-0.39, 0.29) is 6.04 Å². The van der Waals surface area contributed by atoms with Crippen LogP contribution in [0.2, 0.25) is 0 Å². The maximum Gasteiger partial charge on any atom is 0.320 e. The Morgan fingerprint density at radius 3 is 2.12 bits per heavy atom. The summed E-state index contributed by atoms with van der Waals surface area (Å²) in [6.07, 6.45) is 2.66. The van der Waals surface area contributed by atoms with Crippen LogP contribution in [0.1, 0.15) is 33.1 Å². The smallest absolute Gasteiger partial charge is 0.320 e. The van der Waals surface area contributed by atoms with Gasteiger partial charge in [0.2, 0.25) is 0 Å². The average Bonchev–Trinajstić information content (AvgIpc) is 2.20. The Balaban J connectivity index is 4.37. The van der Waals surface area contributed by atoms with Crippen molar-refractivity contribution in [2.75, 3.05) is 33.7 Å². The summed E-state index contributed by atoms with van der Waals surface area (Å²) < 4.78 is 0. The molecule has 0 aliphatic rings. The summed E-state index contributed by atoms with van der Waals surface area (Å²) in [6.45, 7) is 6.73. The van der Waals surface area contributed by atoms with Crippen LogP contribution in [0.25, 0.3) is 0 Å². The lowest BCUT2D eigenvalue weighted by atomic mass is 10.1. The first kappa shape index (κ1) is 15.4. The predicted molar refractivity (Wildman–Crippen MR) is 66.7 cm³/mol. The van der Waals surface area contributed by atoms with E-state index in [9.17, 15) is 9.90 Å². The van der Waals surface area contributed by atoms with Gasteiger partial charge in [-0.25, -0.2) is 0 Å². The third kappa shape index (κ3) is 6.08. The Labute approximate surface area is 99.2 Å². The van der Waals surface area contributed by atoms with Crippen LogP contribution in [0.5, 0.6) is 0 Å². The number of aliphatic carboxylic acids is 1. The first-order valence-electron chi connectivity index (χ1n) is 6.14. The van der Waals surface area contributed by atoms with Crippen molar-refractivity contribution in [2.24, 2.45) is 0 Å². The molecule has 0 aliphatic heterocycles. The van der Waals surface area contributed by atoms with Crippen LogP contribution in [-0.4, -0.2) is 60.6 Å². The van der Waals surface area contributed by atoms with Crippen LogP contribution in [-0.2, 0) is 4.79 Å². The monoisotopic (exact) mass is 230 g/mol. The minimum atomic E-state index is -0.686. The van der Waals surface area contributed by atoms with E-state index in [2.05, 4.69) is 16.7 Å². The number of hydrogen-bond acceptors (Lipinski definition) is 3. The summed E-state index contributed by atoms with van der Waals surface area (Å²) in [4.78, 5) is 15.4. The molecule has 1 atom stereocenters. The second kappa shape index (κ2) is 8.53. The molecule has 96 valence electrons. The number of carbonyl (C=O) groups is 1. The molecule has 1 unspecified atom stereocenters. The number of hydrogen-bond donors (Lipinski definition) is 1. The van der Waals surface area contributed by atoms with E-state index in [0.29, 0.717) is 0 Å². The van der Waals surface area contributed by atoms with Crippen molar-refractivity contribution in [1.29, 1.82) is 0 Å². The first-order chi connectivity index (χ1) is 7.52. The molecule has 0 amide bonds. The summed E-state index contributed by atoms with van der Waals surface area (Å²) in [7, 11) is 4.03. The third-order valence-corrected chi connectivity index (χ3v) is 2.63. The molecule has 0 rings (SSSR count). The van der Waals surface area contributed by atoms with E-state index in [0.717, 1.165) is 38.9 Å². The fourth-order valence-corrected chi connectivity index (χ4v) is 1.77. The Morgan fingerprint density at radius 2 is 1.75 bits per heavy atom. The van der Waals surface area contributed by atoms with E-state index in [1.807, 2.05) is 21.0 Å². The van der Waals surface area contributed by atoms with Gasteiger partial charge in [-0.2, -0.15) is 0 Å². The van der Waals surface area contributed by atoms with Crippen LogP contribution in [0.4, 0.5) is 0 Å². The van der Waals surface area contributed by atoms with Crippen LogP contribution >= 0.6 is 0 Å². The van der Waals surface area contributed by atoms with Crippen molar-refractivity contribution in [3.8, 4) is 0 Å². The van der Waals surface area contributed by atoms with Gasteiger partial charge in [0.15, 0.2) is 0 Å². The standard InChI is InChI=1S/C12H26N2O2/c1-5-7-11(12(15)16)14(8-6-2)10-9-13(3)4/h11H,5-10H2,1-4H3,(H,15,16). The zero-order chi connectivity index (χ0) is 12.6. The lowest BCUT2D eigenvalue weighted by Crippen LogP contribution is -2.44. The van der Waals surface area contributed by atoms with Gasteiger partial charge >= 0.3 is 5.97 Å². The Kier molecular flexibility index (Phi) is 8.21. The molecule has 4 nitrogen and oxygen atoms in total. The SMILES string of the molecule is CCCC(C(=O)O)N(CCC)CCN(C)C. The predicted octanol–water partition coefficient (Wildman–Crippen LogP) is 1.51. The van der Waals surface area contributed by atoms with Crippen LogP contribution < -0.4 is 0 Å². The van der Waals surface area contributed by atoms with Crippen molar-refractivity contribution in [3.63, 3.8) is 0 Å². The largest absolute Gasteiger partial charge is 0.480 e. The molecule has 0 spiro atoms. The molecule has 0 saturated carbocycles. The first-order valence-corrected chi connectivity index (χ1v) is 6.14. The zero-order valence-corrected chi connectivity index (χ0v) is 11.1. The highest BCUT2D eigenvalue weighted by Crippen LogP contribution is 2.08. The molecular formula is C12H26N2O2. The van der Waals surface area contributed by atoms with Crippen molar-refractivity contribution in [3.05, 3.63) is 0 Å². The maximum atomic E-state index is 11.2. The summed E-state index contributed by atoms with van der Waals surface area (Å²) in [6, 6.07) is -0.315. The van der Waals surface area contributed by atoms with E-state index in [4.69, 9.17) is 0 Å². The molecule has 0 fully saturated rings. The zero-order valence-electron chi connectivity index (χ0n) is 11.1. The molecule has 16 heavy (non-hydrogen) atoms. The van der Waals surface area contributed by atoms with Gasteiger partial charge in [-0.1, -0.05) is 20.3 Å². The molecule has 0 aromatic carbocycles. The van der Waals surface area contributed by atoms with Gasteiger partial charge in [0.05, 0.1) is 0 Å². The highest BCUT2D eigenvalue weighted by atomic mass is 16.4. The molecule has 0 bridgehead atoms. The topological polar surface area (TPSA) is 43.8 Å². The molecule has 1 N–H and O–H groups in total. The van der Waals surface area contributed by atoms with Gasteiger partial charge in [0.1, 0.15) is 6.04 Å². The molecule has 0 aromatic rings. The lowest BCUT2D eigenvalue weighted by Gasteiger charge is -2.29. The van der Waals surface area contributed by atoms with Crippen molar-refractivity contribution >= 4 is 5.97 Å². The maximum absolute atomic E-state index is 11.2. The van der Waals surface area contributed by atoms with Crippen LogP contribution in [0.3, 0.4) is 0 Å². The Morgan fingerprint density at radius 1 is 1.12 bits per heavy atom. The van der Waals surface area contributed by atoms with Crippen molar-refractivity contribution in [1.82, 2.24) is 9.80 Å². The second-order valence-corrected chi connectivity index (χ2v) is 4.48. The van der Waals surface area contributed by atoms with Gasteiger partial charge in [-0.3, -0.25) is 9.69 Å². The minimum absolute atomic E-state index is 0.315. The summed E-state index contributed by atoms with van der Waals surface area (Å²) in [5, 5.41) is 9.21. The van der Waals surface area contributed by atoms with E-state index < -0.39 is 5.97 Å². The van der Waals surface area contributed by atoms with E-state index in [1.165, 1.54) is 0 Å². The number of nitrogens with zero attached hydrogens (tertiary/aromatic N) is 2. The molecule has 0 aromatic heterocycles. The summed E-state index contributed by atoms with van der Waals surface area (Å²) >= 11 is 0. The lowest BCUT2D eigenvalue weighted by molar-refractivity contribution is -0.143. The van der Waals surface area contributed by atoms with Crippen molar-refractivity contribution in [2.45, 2.75) is 39.2 Å². The Bertz CT molecular complexity index is 195.